The molecule has 0 aromatic rings. The molecule has 6 heteroatoms. The zero-order chi connectivity index (χ0) is 13.2. The second kappa shape index (κ2) is 5.06. The van der Waals surface area contributed by atoms with Gasteiger partial charge in [-0.05, 0) is 6.42 Å². The number of rotatable bonds is 4. The third-order valence-corrected chi connectivity index (χ3v) is 2.87. The summed E-state index contributed by atoms with van der Waals surface area (Å²) in [4.78, 5) is 23.8. The Hall–Kier alpha value is -1.07. The molecule has 1 fully saturated rings. The number of likely N-dealkylation sites (tertiary alicyclic amines) is 1. The van der Waals surface area contributed by atoms with Gasteiger partial charge in [0.15, 0.2) is 0 Å². The molecule has 0 spiro atoms. The molecule has 1 aliphatic rings. The van der Waals surface area contributed by atoms with Gasteiger partial charge in [0.05, 0.1) is 0 Å². The van der Waals surface area contributed by atoms with Crippen LogP contribution in [0.25, 0.3) is 0 Å². The van der Waals surface area contributed by atoms with Crippen LogP contribution in [0.4, 0.5) is 13.2 Å². The molecule has 1 aliphatic heterocycles. The van der Waals surface area contributed by atoms with Crippen molar-refractivity contribution < 1.29 is 22.8 Å². The van der Waals surface area contributed by atoms with Crippen LogP contribution in [0.15, 0.2) is 0 Å². The molecule has 1 unspecified atom stereocenters. The number of alkyl halides is 3. The maximum Gasteiger partial charge on any atom is 0.406 e. The predicted molar refractivity (Wildman–Crippen MR) is 55.2 cm³/mol. The summed E-state index contributed by atoms with van der Waals surface area (Å²) < 4.78 is 36.4. The maximum atomic E-state index is 12.1. The fourth-order valence-corrected chi connectivity index (χ4v) is 1.84. The van der Waals surface area contributed by atoms with Crippen LogP contribution in [0.1, 0.15) is 26.7 Å². The van der Waals surface area contributed by atoms with Crippen LogP contribution in [-0.2, 0) is 9.59 Å². The fourth-order valence-electron chi connectivity index (χ4n) is 1.84. The zero-order valence-corrected chi connectivity index (χ0v) is 9.88. The molecular formula is C11H16F3NO2. The second-order valence-corrected chi connectivity index (χ2v) is 4.69. The Morgan fingerprint density at radius 2 is 2.06 bits per heavy atom. The van der Waals surface area contributed by atoms with Gasteiger partial charge in [-0.2, -0.15) is 13.2 Å². The summed E-state index contributed by atoms with van der Waals surface area (Å²) in [5, 5.41) is 0. The Balaban J connectivity index is 2.53. The van der Waals surface area contributed by atoms with Gasteiger partial charge in [0.1, 0.15) is 12.3 Å². The summed E-state index contributed by atoms with van der Waals surface area (Å²) >= 11 is 0. The molecule has 1 saturated heterocycles. The van der Waals surface area contributed by atoms with Crippen LogP contribution in [0.5, 0.6) is 0 Å². The summed E-state index contributed by atoms with van der Waals surface area (Å²) in [5.74, 6) is -1.36. The van der Waals surface area contributed by atoms with Crippen molar-refractivity contribution in [3.8, 4) is 0 Å². The highest BCUT2D eigenvalue weighted by Gasteiger charge is 2.39. The van der Waals surface area contributed by atoms with Crippen LogP contribution in [-0.4, -0.2) is 35.9 Å². The van der Waals surface area contributed by atoms with Crippen molar-refractivity contribution in [2.24, 2.45) is 11.8 Å². The number of carbonyl (C=O) groups excluding carboxylic acids is 2. The average Bonchev–Trinajstić information content (AvgIpc) is 2.47. The Kier molecular flexibility index (Phi) is 4.16. The Morgan fingerprint density at radius 3 is 2.53 bits per heavy atom. The van der Waals surface area contributed by atoms with Gasteiger partial charge in [0.25, 0.3) is 0 Å². The molecule has 98 valence electrons. The maximum absolute atomic E-state index is 12.1. The zero-order valence-electron chi connectivity index (χ0n) is 9.88. The summed E-state index contributed by atoms with van der Waals surface area (Å²) in [6, 6.07) is 0. The molecule has 17 heavy (non-hydrogen) atoms. The smallest absolute Gasteiger partial charge is 0.333 e. The van der Waals surface area contributed by atoms with Gasteiger partial charge < -0.3 is 4.90 Å². The lowest BCUT2D eigenvalue weighted by molar-refractivity contribution is -0.158. The number of amides is 1. The van der Waals surface area contributed by atoms with Crippen LogP contribution in [0, 0.1) is 11.8 Å². The fraction of sp³-hybridized carbons (Fsp3) is 0.818. The molecule has 0 aromatic heterocycles. The molecule has 1 atom stereocenters. The minimum absolute atomic E-state index is 0.0604. The van der Waals surface area contributed by atoms with E-state index in [9.17, 15) is 22.8 Å². The minimum Gasteiger partial charge on any atom is -0.333 e. The van der Waals surface area contributed by atoms with Gasteiger partial charge in [-0.25, -0.2) is 0 Å². The number of nitrogens with zero attached hydrogens (tertiary/aromatic N) is 1. The third-order valence-electron chi connectivity index (χ3n) is 2.87. The van der Waals surface area contributed by atoms with E-state index in [0.29, 0.717) is 6.42 Å². The third kappa shape index (κ3) is 4.02. The standard InChI is InChI=1S/C11H16F3NO2/c1-7(2)9(16)5-8-3-4-15(10(8)17)6-11(12,13)14/h7-8H,3-6H2,1-2H3. The molecule has 0 radical (unpaired) electrons. The summed E-state index contributed by atoms with van der Waals surface area (Å²) in [6.45, 7) is 2.32. The molecular weight excluding hydrogens is 235 g/mol. The molecule has 0 aliphatic carbocycles. The van der Waals surface area contributed by atoms with E-state index >= 15 is 0 Å². The first kappa shape index (κ1) is 14.0. The van der Waals surface area contributed by atoms with Gasteiger partial charge >= 0.3 is 6.18 Å². The number of carbonyl (C=O) groups is 2. The van der Waals surface area contributed by atoms with Gasteiger partial charge in [-0.15, -0.1) is 0 Å². The van der Waals surface area contributed by atoms with Crippen LogP contribution < -0.4 is 0 Å². The number of ketones is 1. The van der Waals surface area contributed by atoms with Crippen molar-refractivity contribution in [2.45, 2.75) is 32.9 Å². The SMILES string of the molecule is CC(C)C(=O)CC1CCN(CC(F)(F)F)C1=O. The first-order valence-electron chi connectivity index (χ1n) is 5.59. The topological polar surface area (TPSA) is 37.4 Å². The predicted octanol–water partition coefficient (Wildman–Crippen LogP) is 2.01. The van der Waals surface area contributed by atoms with E-state index < -0.39 is 24.5 Å². The van der Waals surface area contributed by atoms with Gasteiger partial charge in [-0.1, -0.05) is 13.8 Å². The Labute approximate surface area is 98.0 Å². The second-order valence-electron chi connectivity index (χ2n) is 4.69. The van der Waals surface area contributed by atoms with Crippen LogP contribution >= 0.6 is 0 Å². The molecule has 0 N–H and O–H groups in total. The van der Waals surface area contributed by atoms with E-state index in [4.69, 9.17) is 0 Å². The van der Waals surface area contributed by atoms with Crippen molar-refractivity contribution in [2.75, 3.05) is 13.1 Å². The monoisotopic (exact) mass is 251 g/mol. The first-order chi connectivity index (χ1) is 7.70. The summed E-state index contributed by atoms with van der Waals surface area (Å²) in [7, 11) is 0. The number of hydrogen-bond donors (Lipinski definition) is 0. The lowest BCUT2D eigenvalue weighted by atomic mass is 9.95. The highest BCUT2D eigenvalue weighted by molar-refractivity contribution is 5.88. The summed E-state index contributed by atoms with van der Waals surface area (Å²) in [5.41, 5.74) is 0. The number of hydrogen-bond acceptors (Lipinski definition) is 2. The highest BCUT2D eigenvalue weighted by Crippen LogP contribution is 2.26. The van der Waals surface area contributed by atoms with Gasteiger partial charge in [-0.3, -0.25) is 9.59 Å². The van der Waals surface area contributed by atoms with Crippen molar-refractivity contribution >= 4 is 11.7 Å². The number of halogens is 3. The summed E-state index contributed by atoms with van der Waals surface area (Å²) in [6.07, 6.45) is -3.97. The molecule has 1 heterocycles. The molecule has 0 aromatic carbocycles. The Morgan fingerprint density at radius 1 is 1.47 bits per heavy atom. The average molecular weight is 251 g/mol. The van der Waals surface area contributed by atoms with E-state index in [1.807, 2.05) is 0 Å². The first-order valence-corrected chi connectivity index (χ1v) is 5.59. The quantitative estimate of drug-likeness (QED) is 0.766. The van der Waals surface area contributed by atoms with Crippen molar-refractivity contribution in [1.82, 2.24) is 4.90 Å². The van der Waals surface area contributed by atoms with E-state index in [0.717, 1.165) is 4.90 Å². The van der Waals surface area contributed by atoms with Crippen molar-refractivity contribution in [3.05, 3.63) is 0 Å². The number of Topliss-reactive ketones (excluding diaryl/α,β-unsaturated/α-hetero) is 1. The van der Waals surface area contributed by atoms with Crippen LogP contribution in [0.3, 0.4) is 0 Å². The van der Waals surface area contributed by atoms with E-state index in [-0.39, 0.29) is 24.7 Å². The lowest BCUT2D eigenvalue weighted by Crippen LogP contribution is -2.36. The van der Waals surface area contributed by atoms with Crippen molar-refractivity contribution in [3.63, 3.8) is 0 Å². The lowest BCUT2D eigenvalue weighted by Gasteiger charge is -2.18. The van der Waals surface area contributed by atoms with Crippen molar-refractivity contribution in [1.29, 1.82) is 0 Å². The molecule has 1 rings (SSSR count). The van der Waals surface area contributed by atoms with E-state index in [1.54, 1.807) is 13.8 Å². The van der Waals surface area contributed by atoms with E-state index in [2.05, 4.69) is 0 Å². The van der Waals surface area contributed by atoms with Crippen LogP contribution in [0.2, 0.25) is 0 Å². The van der Waals surface area contributed by atoms with E-state index in [1.165, 1.54) is 0 Å². The molecule has 3 nitrogen and oxygen atoms in total. The highest BCUT2D eigenvalue weighted by atomic mass is 19.4. The molecule has 1 amide bonds. The Bertz CT molecular complexity index is 312. The minimum atomic E-state index is -4.37. The largest absolute Gasteiger partial charge is 0.406 e. The van der Waals surface area contributed by atoms with Gasteiger partial charge in [0, 0.05) is 24.8 Å². The molecule has 0 bridgehead atoms. The van der Waals surface area contributed by atoms with Gasteiger partial charge in [0.2, 0.25) is 5.91 Å². The molecule has 0 saturated carbocycles. The normalized spacial score (nSPS) is 21.4.